The van der Waals surface area contributed by atoms with E-state index in [9.17, 15) is 9.90 Å². The van der Waals surface area contributed by atoms with Gasteiger partial charge in [-0.05, 0) is 74.2 Å². The van der Waals surface area contributed by atoms with E-state index in [2.05, 4.69) is 25.7 Å². The van der Waals surface area contributed by atoms with Crippen LogP contribution in [0.3, 0.4) is 0 Å². The Kier molecular flexibility index (Phi) is 3.94. The fourth-order valence-corrected chi connectivity index (χ4v) is 6.97. The maximum absolute atomic E-state index is 11.9. The zero-order chi connectivity index (χ0) is 17.9. The van der Waals surface area contributed by atoms with Gasteiger partial charge in [0.15, 0.2) is 5.78 Å². The third-order valence-corrected chi connectivity index (χ3v) is 8.49. The lowest BCUT2D eigenvalue weighted by molar-refractivity contribution is -0.119. The molecule has 4 aliphatic carbocycles. The highest BCUT2D eigenvalue weighted by atomic mass is 16.3. The summed E-state index contributed by atoms with van der Waals surface area (Å²) in [5.41, 5.74) is 0.445. The molecule has 0 saturated heterocycles. The summed E-state index contributed by atoms with van der Waals surface area (Å²) in [6.45, 7) is 4.43. The number of hydrogen-bond donors (Lipinski definition) is 2. The number of aliphatic hydroxyl groups is 2. The molecule has 0 amide bonds. The molecule has 0 bridgehead atoms. The van der Waals surface area contributed by atoms with Gasteiger partial charge < -0.3 is 10.2 Å². The molecule has 4 rings (SSSR count). The molecular weight excluding hydrogens is 312 g/mol. The second-order valence-corrected chi connectivity index (χ2v) is 9.28. The van der Waals surface area contributed by atoms with E-state index < -0.39 is 5.60 Å². The fourth-order valence-electron chi connectivity index (χ4n) is 6.97. The van der Waals surface area contributed by atoms with Gasteiger partial charge in [-0.1, -0.05) is 31.3 Å². The number of fused-ring (bicyclic) bond motifs is 5. The molecule has 136 valence electrons. The Bertz CT molecular complexity index is 683. The summed E-state index contributed by atoms with van der Waals surface area (Å²) in [5, 5.41) is 20.3. The molecule has 0 radical (unpaired) electrons. The second-order valence-electron chi connectivity index (χ2n) is 9.28. The minimum Gasteiger partial charge on any atom is -0.384 e. The number of rotatable bonds is 0. The molecule has 3 nitrogen and oxygen atoms in total. The van der Waals surface area contributed by atoms with Crippen LogP contribution < -0.4 is 0 Å². The smallest absolute Gasteiger partial charge is 0.155 e. The monoisotopic (exact) mass is 342 g/mol. The van der Waals surface area contributed by atoms with Crippen LogP contribution in [0.5, 0.6) is 0 Å². The van der Waals surface area contributed by atoms with E-state index in [1.165, 1.54) is 5.57 Å². The molecular formula is C22H30O3. The molecule has 2 N–H and O–H groups in total. The predicted octanol–water partition coefficient (Wildman–Crippen LogP) is 3.25. The highest BCUT2D eigenvalue weighted by Crippen LogP contribution is 2.67. The van der Waals surface area contributed by atoms with Crippen LogP contribution in [0.25, 0.3) is 0 Å². The lowest BCUT2D eigenvalue weighted by Gasteiger charge is -2.58. The van der Waals surface area contributed by atoms with Gasteiger partial charge in [0.25, 0.3) is 0 Å². The first-order chi connectivity index (χ1) is 11.8. The third kappa shape index (κ3) is 2.30. The van der Waals surface area contributed by atoms with Gasteiger partial charge in [-0.3, -0.25) is 4.79 Å². The number of carbonyl (C=O) groups excluding carboxylic acids is 1. The number of aliphatic hydroxyl groups excluding tert-OH is 1. The molecule has 0 aromatic rings. The summed E-state index contributed by atoms with van der Waals surface area (Å²) in [4.78, 5) is 11.9. The standard InChI is InChI=1S/C22H30O3/c1-20-10-6-16(24)14-15(20)4-5-17-18(20)7-11-21(2)19(17)8-12-22(21,25)9-3-13-23/h14,17-19,23,25H,4-8,10-13H2,1-2H3/t17-,18-,19+,20+,21+,22?/m1/s1. The second kappa shape index (κ2) is 5.69. The van der Waals surface area contributed by atoms with Crippen molar-refractivity contribution in [1.82, 2.24) is 0 Å². The normalized spacial score (nSPS) is 48.6. The van der Waals surface area contributed by atoms with Crippen molar-refractivity contribution in [3.63, 3.8) is 0 Å². The summed E-state index contributed by atoms with van der Waals surface area (Å²) >= 11 is 0. The Hall–Kier alpha value is -1.11. The van der Waals surface area contributed by atoms with Crippen molar-refractivity contribution in [2.75, 3.05) is 6.61 Å². The van der Waals surface area contributed by atoms with Gasteiger partial charge in [-0.15, -0.1) is 0 Å². The van der Waals surface area contributed by atoms with Crippen LogP contribution in [-0.4, -0.2) is 28.2 Å². The molecule has 25 heavy (non-hydrogen) atoms. The van der Waals surface area contributed by atoms with Crippen molar-refractivity contribution >= 4 is 5.78 Å². The lowest BCUT2D eigenvalue weighted by Crippen LogP contribution is -2.54. The van der Waals surface area contributed by atoms with Crippen molar-refractivity contribution in [1.29, 1.82) is 0 Å². The number of hydrogen-bond acceptors (Lipinski definition) is 3. The van der Waals surface area contributed by atoms with Crippen LogP contribution in [-0.2, 0) is 4.79 Å². The Morgan fingerprint density at radius 1 is 1.12 bits per heavy atom. The highest BCUT2D eigenvalue weighted by molar-refractivity contribution is 5.91. The van der Waals surface area contributed by atoms with Crippen molar-refractivity contribution in [3.05, 3.63) is 11.6 Å². The van der Waals surface area contributed by atoms with E-state index >= 15 is 0 Å². The number of ketones is 1. The van der Waals surface area contributed by atoms with Crippen LogP contribution in [0.1, 0.15) is 65.2 Å². The first-order valence-corrected chi connectivity index (χ1v) is 9.91. The van der Waals surface area contributed by atoms with E-state index in [0.29, 0.717) is 30.0 Å². The molecule has 0 heterocycles. The third-order valence-electron chi connectivity index (χ3n) is 8.49. The van der Waals surface area contributed by atoms with Crippen LogP contribution in [0.15, 0.2) is 11.6 Å². The van der Waals surface area contributed by atoms with Gasteiger partial charge >= 0.3 is 0 Å². The van der Waals surface area contributed by atoms with Crippen molar-refractivity contribution in [2.24, 2.45) is 28.6 Å². The first-order valence-electron chi connectivity index (χ1n) is 9.91. The zero-order valence-electron chi connectivity index (χ0n) is 15.5. The fraction of sp³-hybridized carbons (Fsp3) is 0.773. The van der Waals surface area contributed by atoms with Crippen molar-refractivity contribution in [2.45, 2.75) is 70.8 Å². The Morgan fingerprint density at radius 2 is 1.88 bits per heavy atom. The van der Waals surface area contributed by atoms with Gasteiger partial charge in [0.05, 0.1) is 0 Å². The van der Waals surface area contributed by atoms with Gasteiger partial charge in [-0.2, -0.15) is 0 Å². The van der Waals surface area contributed by atoms with Crippen LogP contribution in [0.4, 0.5) is 0 Å². The molecule has 3 saturated carbocycles. The lowest BCUT2D eigenvalue weighted by atomic mass is 9.46. The van der Waals surface area contributed by atoms with Crippen molar-refractivity contribution in [3.8, 4) is 11.8 Å². The molecule has 0 aromatic carbocycles. The maximum atomic E-state index is 11.9. The summed E-state index contributed by atoms with van der Waals surface area (Å²) in [7, 11) is 0. The van der Waals surface area contributed by atoms with Crippen LogP contribution in [0, 0.1) is 40.4 Å². The Labute approximate surface area is 150 Å². The molecule has 6 atom stereocenters. The first kappa shape index (κ1) is 17.3. The van der Waals surface area contributed by atoms with Crippen molar-refractivity contribution < 1.29 is 15.0 Å². The predicted molar refractivity (Wildman–Crippen MR) is 96.5 cm³/mol. The van der Waals surface area contributed by atoms with Gasteiger partial charge in [-0.25, -0.2) is 0 Å². The molecule has 0 aliphatic heterocycles. The largest absolute Gasteiger partial charge is 0.384 e. The van der Waals surface area contributed by atoms with Gasteiger partial charge in [0.2, 0.25) is 0 Å². The van der Waals surface area contributed by atoms with Crippen LogP contribution in [0.2, 0.25) is 0 Å². The minimum atomic E-state index is -0.953. The van der Waals surface area contributed by atoms with E-state index in [4.69, 9.17) is 5.11 Å². The summed E-state index contributed by atoms with van der Waals surface area (Å²) < 4.78 is 0. The molecule has 3 heteroatoms. The van der Waals surface area contributed by atoms with Crippen LogP contribution >= 0.6 is 0 Å². The zero-order valence-corrected chi connectivity index (χ0v) is 15.5. The molecule has 1 unspecified atom stereocenters. The highest BCUT2D eigenvalue weighted by Gasteiger charge is 2.63. The summed E-state index contributed by atoms with van der Waals surface area (Å²) in [5.74, 6) is 7.80. The van der Waals surface area contributed by atoms with E-state index in [1.807, 2.05) is 6.08 Å². The van der Waals surface area contributed by atoms with E-state index in [1.54, 1.807) is 0 Å². The number of carbonyl (C=O) groups is 1. The summed E-state index contributed by atoms with van der Waals surface area (Å²) in [6, 6.07) is 0. The van der Waals surface area contributed by atoms with E-state index in [-0.39, 0.29) is 17.4 Å². The van der Waals surface area contributed by atoms with E-state index in [0.717, 1.165) is 44.9 Å². The average molecular weight is 342 g/mol. The Balaban J connectivity index is 1.67. The average Bonchev–Trinajstić information content (AvgIpc) is 2.85. The van der Waals surface area contributed by atoms with Gasteiger partial charge in [0.1, 0.15) is 12.2 Å². The molecule has 4 aliphatic rings. The summed E-state index contributed by atoms with van der Waals surface area (Å²) in [6.07, 6.45) is 9.68. The molecule has 0 aromatic heterocycles. The molecule has 3 fully saturated rings. The Morgan fingerprint density at radius 3 is 2.64 bits per heavy atom. The number of allylic oxidation sites excluding steroid dienone is 1. The topological polar surface area (TPSA) is 57.5 Å². The maximum Gasteiger partial charge on any atom is 0.155 e. The quantitative estimate of drug-likeness (QED) is 0.665. The SMILES string of the molecule is C[C@]12CCC(=O)C=C1CC[C@@H]1[C@H]2CC[C@@]2(C)[C@H]1CCC2(O)C#CCO. The van der Waals surface area contributed by atoms with Gasteiger partial charge in [0, 0.05) is 11.8 Å². The minimum absolute atomic E-state index is 0.168. The molecule has 0 spiro atoms.